The van der Waals surface area contributed by atoms with E-state index in [9.17, 15) is 0 Å². The summed E-state index contributed by atoms with van der Waals surface area (Å²) in [5.41, 5.74) is 2.68. The van der Waals surface area contributed by atoms with Crippen molar-refractivity contribution < 1.29 is 4.74 Å². The maximum Gasteiger partial charge on any atom is 0.248 e. The zero-order valence-electron chi connectivity index (χ0n) is 16.2. The van der Waals surface area contributed by atoms with E-state index >= 15 is 0 Å². The largest absolute Gasteiger partial charge is 0.457 e. The quantitative estimate of drug-likeness (QED) is 0.436. The van der Waals surface area contributed by atoms with Crippen molar-refractivity contribution in [3.8, 4) is 22.8 Å². The molecule has 2 aromatic heterocycles. The molecule has 0 aliphatic heterocycles. The van der Waals surface area contributed by atoms with Gasteiger partial charge in [-0.1, -0.05) is 43.7 Å². The lowest BCUT2D eigenvalue weighted by Crippen LogP contribution is -2.00. The number of aromatic nitrogens is 5. The summed E-state index contributed by atoms with van der Waals surface area (Å²) in [4.78, 5) is 4.56. The Kier molecular flexibility index (Phi) is 5.76. The number of rotatable bonds is 8. The summed E-state index contributed by atoms with van der Waals surface area (Å²) in [5.74, 6) is 2.58. The number of nitrogens with zero attached hydrogens (tertiary/aromatic N) is 4. The first-order chi connectivity index (χ1) is 14.3. The molecule has 2 aromatic carbocycles. The van der Waals surface area contributed by atoms with Gasteiger partial charge in [0, 0.05) is 17.3 Å². The molecular formula is C22H22N6O. The predicted molar refractivity (Wildman–Crippen MR) is 112 cm³/mol. The van der Waals surface area contributed by atoms with Crippen molar-refractivity contribution in [2.24, 2.45) is 0 Å². The average molecular weight is 386 g/mol. The van der Waals surface area contributed by atoms with Crippen LogP contribution in [0.1, 0.15) is 25.5 Å². The summed E-state index contributed by atoms with van der Waals surface area (Å²) in [6, 6.07) is 19.4. The molecule has 4 rings (SSSR count). The maximum atomic E-state index is 5.91. The van der Waals surface area contributed by atoms with Crippen molar-refractivity contribution in [2.45, 2.75) is 26.2 Å². The topological polar surface area (TPSA) is 88.6 Å². The maximum absolute atomic E-state index is 5.91. The summed E-state index contributed by atoms with van der Waals surface area (Å²) in [6.45, 7) is 2.17. The minimum Gasteiger partial charge on any atom is -0.457 e. The van der Waals surface area contributed by atoms with Crippen LogP contribution >= 0.6 is 0 Å². The number of hydrogen-bond donors (Lipinski definition) is 2. The van der Waals surface area contributed by atoms with Gasteiger partial charge in [0.2, 0.25) is 5.95 Å². The van der Waals surface area contributed by atoms with Gasteiger partial charge in [0.1, 0.15) is 11.5 Å². The third-order valence-corrected chi connectivity index (χ3v) is 4.34. The Balaban J connectivity index is 1.50. The molecular weight excluding hydrogens is 364 g/mol. The minimum atomic E-state index is 0.394. The van der Waals surface area contributed by atoms with E-state index in [4.69, 9.17) is 4.74 Å². The van der Waals surface area contributed by atoms with Gasteiger partial charge in [-0.2, -0.15) is 10.2 Å². The molecule has 0 unspecified atom stereocenters. The number of unbranched alkanes of at least 4 members (excludes halogenated alkanes) is 1. The van der Waals surface area contributed by atoms with Gasteiger partial charge >= 0.3 is 0 Å². The molecule has 0 aliphatic carbocycles. The predicted octanol–water partition coefficient (Wildman–Crippen LogP) is 5.14. The number of nitrogens with one attached hydrogen (secondary N) is 2. The second-order valence-corrected chi connectivity index (χ2v) is 6.62. The van der Waals surface area contributed by atoms with Crippen LogP contribution < -0.4 is 10.1 Å². The van der Waals surface area contributed by atoms with Crippen LogP contribution in [0.4, 0.5) is 11.8 Å². The molecule has 0 fully saturated rings. The normalized spacial score (nSPS) is 10.7. The van der Waals surface area contributed by atoms with Crippen LogP contribution in [-0.4, -0.2) is 25.4 Å². The lowest BCUT2D eigenvalue weighted by Gasteiger charge is -2.08. The van der Waals surface area contributed by atoms with Crippen LogP contribution in [0.3, 0.4) is 0 Å². The van der Waals surface area contributed by atoms with E-state index in [1.807, 2.05) is 60.7 Å². The Hall–Kier alpha value is -3.74. The number of anilines is 2. The highest BCUT2D eigenvalue weighted by Crippen LogP contribution is 2.26. The molecule has 0 spiro atoms. The Labute approximate surface area is 169 Å². The number of para-hydroxylation sites is 1. The van der Waals surface area contributed by atoms with E-state index in [2.05, 4.69) is 37.6 Å². The lowest BCUT2D eigenvalue weighted by molar-refractivity contribution is 0.483. The zero-order chi connectivity index (χ0) is 19.9. The summed E-state index contributed by atoms with van der Waals surface area (Å²) < 4.78 is 5.91. The fraction of sp³-hybridized carbons (Fsp3) is 0.182. The first-order valence-corrected chi connectivity index (χ1v) is 9.64. The van der Waals surface area contributed by atoms with Crippen LogP contribution in [0, 0.1) is 0 Å². The van der Waals surface area contributed by atoms with Gasteiger partial charge in [-0.15, -0.1) is 5.10 Å². The molecule has 0 radical (unpaired) electrons. The first-order valence-electron chi connectivity index (χ1n) is 9.64. The van der Waals surface area contributed by atoms with E-state index in [-0.39, 0.29) is 0 Å². The van der Waals surface area contributed by atoms with E-state index in [0.717, 1.165) is 42.0 Å². The lowest BCUT2D eigenvalue weighted by atomic mass is 10.1. The molecule has 7 nitrogen and oxygen atoms in total. The molecule has 0 atom stereocenters. The van der Waals surface area contributed by atoms with Crippen LogP contribution in [0.25, 0.3) is 11.3 Å². The number of aryl methyl sites for hydroxylation is 1. The first kappa shape index (κ1) is 18.6. The van der Waals surface area contributed by atoms with Crippen LogP contribution in [-0.2, 0) is 6.42 Å². The molecule has 0 aliphatic rings. The summed E-state index contributed by atoms with van der Waals surface area (Å²) in [7, 11) is 0. The Morgan fingerprint density at radius 3 is 2.72 bits per heavy atom. The van der Waals surface area contributed by atoms with Crippen LogP contribution in [0.5, 0.6) is 11.5 Å². The van der Waals surface area contributed by atoms with Crippen LogP contribution in [0.2, 0.25) is 0 Å². The highest BCUT2D eigenvalue weighted by atomic mass is 16.5. The van der Waals surface area contributed by atoms with Crippen molar-refractivity contribution in [1.82, 2.24) is 25.4 Å². The van der Waals surface area contributed by atoms with Gasteiger partial charge in [-0.3, -0.25) is 5.10 Å². The molecule has 146 valence electrons. The molecule has 0 bridgehead atoms. The molecule has 2 N–H and O–H groups in total. The second-order valence-electron chi connectivity index (χ2n) is 6.62. The average Bonchev–Trinajstić information content (AvgIpc) is 3.20. The second kappa shape index (κ2) is 8.97. The molecule has 0 saturated carbocycles. The van der Waals surface area contributed by atoms with Gasteiger partial charge in [-0.05, 0) is 37.1 Å². The molecule has 4 aromatic rings. The van der Waals surface area contributed by atoms with Crippen LogP contribution in [0.15, 0.2) is 66.9 Å². The molecule has 0 saturated heterocycles. The highest BCUT2D eigenvalue weighted by molar-refractivity contribution is 5.62. The highest BCUT2D eigenvalue weighted by Gasteiger charge is 2.08. The molecule has 29 heavy (non-hydrogen) atoms. The molecule has 7 heteroatoms. The number of ether oxygens (including phenoxy) is 1. The van der Waals surface area contributed by atoms with Gasteiger partial charge in [-0.25, -0.2) is 4.98 Å². The molecule has 2 heterocycles. The number of benzene rings is 2. The van der Waals surface area contributed by atoms with Crippen molar-refractivity contribution >= 4 is 11.8 Å². The van der Waals surface area contributed by atoms with E-state index in [1.54, 1.807) is 6.20 Å². The minimum absolute atomic E-state index is 0.394. The van der Waals surface area contributed by atoms with Crippen molar-refractivity contribution in [3.63, 3.8) is 0 Å². The summed E-state index contributed by atoms with van der Waals surface area (Å²) in [5, 5.41) is 18.5. The standard InChI is InChI=1S/C22H22N6O/c1-2-3-9-17-14-21(27-26-17)25-22-24-20(15-23-28-22)16-8-7-12-19(13-16)29-18-10-5-4-6-11-18/h4-8,10-15H,2-3,9H2,1H3,(H2,24,25,26,27,28). The van der Waals surface area contributed by atoms with Gasteiger partial charge in [0.25, 0.3) is 0 Å². The fourth-order valence-electron chi connectivity index (χ4n) is 2.87. The number of hydrogen-bond acceptors (Lipinski definition) is 6. The summed E-state index contributed by atoms with van der Waals surface area (Å²) >= 11 is 0. The monoisotopic (exact) mass is 386 g/mol. The zero-order valence-corrected chi connectivity index (χ0v) is 16.2. The Morgan fingerprint density at radius 1 is 1.00 bits per heavy atom. The van der Waals surface area contributed by atoms with E-state index in [0.29, 0.717) is 17.5 Å². The third-order valence-electron chi connectivity index (χ3n) is 4.34. The van der Waals surface area contributed by atoms with Gasteiger partial charge < -0.3 is 10.1 Å². The van der Waals surface area contributed by atoms with E-state index < -0.39 is 0 Å². The van der Waals surface area contributed by atoms with Crippen molar-refractivity contribution in [2.75, 3.05) is 5.32 Å². The van der Waals surface area contributed by atoms with Crippen molar-refractivity contribution in [1.29, 1.82) is 0 Å². The SMILES string of the molecule is CCCCc1cc(Nc2nncc(-c3cccc(Oc4ccccc4)c3)n2)n[nH]1. The Bertz CT molecular complexity index is 1060. The smallest absolute Gasteiger partial charge is 0.248 e. The third kappa shape index (κ3) is 4.95. The van der Waals surface area contributed by atoms with E-state index in [1.165, 1.54) is 0 Å². The van der Waals surface area contributed by atoms with Crippen molar-refractivity contribution in [3.05, 3.63) is 72.6 Å². The Morgan fingerprint density at radius 2 is 1.86 bits per heavy atom. The molecule has 0 amide bonds. The number of aromatic amines is 1. The number of H-pyrrole nitrogens is 1. The fourth-order valence-corrected chi connectivity index (χ4v) is 2.87. The summed E-state index contributed by atoms with van der Waals surface area (Å²) in [6.07, 6.45) is 4.86. The van der Waals surface area contributed by atoms with Gasteiger partial charge in [0.05, 0.1) is 11.9 Å². The van der Waals surface area contributed by atoms with Gasteiger partial charge in [0.15, 0.2) is 5.82 Å².